The number of amides is 2. The van der Waals surface area contributed by atoms with E-state index in [0.717, 1.165) is 35.1 Å². The number of anilines is 1. The Balaban J connectivity index is 1.45. The van der Waals surface area contributed by atoms with E-state index in [4.69, 9.17) is 4.42 Å². The number of nitrogens with zero attached hydrogens (tertiary/aromatic N) is 4. The van der Waals surface area contributed by atoms with E-state index in [1.807, 2.05) is 67.7 Å². The number of carbonyl (C=O) groups excluding carboxylic acids is 2. The van der Waals surface area contributed by atoms with Crippen LogP contribution in [0.1, 0.15) is 30.6 Å². The van der Waals surface area contributed by atoms with Gasteiger partial charge in [0.2, 0.25) is 17.8 Å². The predicted molar refractivity (Wildman–Crippen MR) is 138 cm³/mol. The summed E-state index contributed by atoms with van der Waals surface area (Å²) >= 11 is 0. The van der Waals surface area contributed by atoms with Gasteiger partial charge in [-0.2, -0.15) is 5.26 Å². The Morgan fingerprint density at radius 2 is 2.03 bits per heavy atom. The van der Waals surface area contributed by atoms with Gasteiger partial charge in [-0.15, -0.1) is 0 Å². The summed E-state index contributed by atoms with van der Waals surface area (Å²) in [6.07, 6.45) is 4.01. The first kappa shape index (κ1) is 24.8. The van der Waals surface area contributed by atoms with Crippen molar-refractivity contribution in [2.75, 3.05) is 25.5 Å². The van der Waals surface area contributed by atoms with Gasteiger partial charge in [0.15, 0.2) is 6.19 Å². The molecule has 0 radical (unpaired) electrons. The molecule has 1 aliphatic heterocycles. The highest BCUT2D eigenvalue weighted by Gasteiger charge is 2.29. The molecule has 1 aromatic heterocycles. The Labute approximate surface area is 210 Å². The summed E-state index contributed by atoms with van der Waals surface area (Å²) in [7, 11) is 1.74. The van der Waals surface area contributed by atoms with Crippen LogP contribution in [-0.4, -0.2) is 53.8 Å². The van der Waals surface area contributed by atoms with Crippen molar-refractivity contribution < 1.29 is 14.0 Å². The van der Waals surface area contributed by atoms with Crippen LogP contribution in [0.5, 0.6) is 0 Å². The van der Waals surface area contributed by atoms with Crippen LogP contribution in [0.2, 0.25) is 0 Å². The van der Waals surface area contributed by atoms with Crippen LogP contribution < -0.4 is 10.6 Å². The van der Waals surface area contributed by atoms with Crippen molar-refractivity contribution in [3.8, 4) is 6.19 Å². The van der Waals surface area contributed by atoms with E-state index in [-0.39, 0.29) is 24.3 Å². The topological polar surface area (TPSA) is 114 Å². The molecule has 0 saturated carbocycles. The van der Waals surface area contributed by atoms with Gasteiger partial charge in [0.25, 0.3) is 0 Å². The molecule has 2 aromatic carbocycles. The molecule has 0 aliphatic carbocycles. The molecule has 186 valence electrons. The van der Waals surface area contributed by atoms with Crippen LogP contribution in [0.4, 0.5) is 5.69 Å². The van der Waals surface area contributed by atoms with E-state index >= 15 is 0 Å². The summed E-state index contributed by atoms with van der Waals surface area (Å²) < 4.78 is 5.61. The maximum Gasteiger partial charge on any atom is 0.247 e. The van der Waals surface area contributed by atoms with E-state index in [2.05, 4.69) is 15.6 Å². The van der Waals surface area contributed by atoms with Crippen LogP contribution >= 0.6 is 0 Å². The highest BCUT2D eigenvalue weighted by molar-refractivity contribution is 5.98. The number of guanidine groups is 1. The van der Waals surface area contributed by atoms with Crippen LogP contribution in [0, 0.1) is 18.4 Å². The van der Waals surface area contributed by atoms with Gasteiger partial charge in [0.05, 0.1) is 6.54 Å². The molecule has 36 heavy (non-hydrogen) atoms. The molecule has 1 atom stereocenters. The van der Waals surface area contributed by atoms with Crippen molar-refractivity contribution in [2.24, 2.45) is 4.99 Å². The lowest BCUT2D eigenvalue weighted by Crippen LogP contribution is -2.44. The normalized spacial score (nSPS) is 16.4. The molecule has 1 saturated heterocycles. The lowest BCUT2D eigenvalue weighted by molar-refractivity contribution is -0.140. The SMILES string of the molecule is Cc1cc2cc(NC(=N[C@H]3CCCCN(CC(=O)N(C)Cc4ccccc4)C3=O)NC#N)ccc2o1. The van der Waals surface area contributed by atoms with Crippen molar-refractivity contribution in [1.82, 2.24) is 15.1 Å². The van der Waals surface area contributed by atoms with Gasteiger partial charge in [-0.3, -0.25) is 14.9 Å². The number of aliphatic imine (C=N–C) groups is 1. The fourth-order valence-electron chi connectivity index (χ4n) is 4.29. The highest BCUT2D eigenvalue weighted by atomic mass is 16.3. The van der Waals surface area contributed by atoms with E-state index in [0.29, 0.717) is 25.2 Å². The number of furan rings is 1. The number of aryl methyl sites for hydroxylation is 1. The minimum Gasteiger partial charge on any atom is -0.461 e. The quantitative estimate of drug-likeness (QED) is 0.238. The third kappa shape index (κ3) is 6.21. The molecular formula is C27H30N6O3. The van der Waals surface area contributed by atoms with Crippen molar-refractivity contribution >= 4 is 34.4 Å². The summed E-state index contributed by atoms with van der Waals surface area (Å²) in [6, 6.07) is 16.5. The van der Waals surface area contributed by atoms with E-state index in [9.17, 15) is 14.9 Å². The van der Waals surface area contributed by atoms with Gasteiger partial charge >= 0.3 is 0 Å². The summed E-state index contributed by atoms with van der Waals surface area (Å²) in [5.41, 5.74) is 2.50. The lowest BCUT2D eigenvalue weighted by Gasteiger charge is -2.25. The Morgan fingerprint density at radius 1 is 1.22 bits per heavy atom. The second-order valence-corrected chi connectivity index (χ2v) is 8.96. The maximum absolute atomic E-state index is 13.3. The van der Waals surface area contributed by atoms with Crippen molar-refractivity contribution in [1.29, 1.82) is 5.26 Å². The highest BCUT2D eigenvalue weighted by Crippen LogP contribution is 2.23. The second kappa shape index (κ2) is 11.4. The van der Waals surface area contributed by atoms with Crippen molar-refractivity contribution in [3.05, 3.63) is 65.9 Å². The number of rotatable bonds is 6. The Kier molecular flexibility index (Phi) is 7.85. The van der Waals surface area contributed by atoms with Gasteiger partial charge in [-0.25, -0.2) is 4.99 Å². The molecule has 0 bridgehead atoms. The first-order chi connectivity index (χ1) is 17.4. The number of nitrogens with one attached hydrogen (secondary N) is 2. The molecule has 1 aliphatic rings. The molecule has 2 N–H and O–H groups in total. The van der Waals surface area contributed by atoms with Crippen LogP contribution in [0.3, 0.4) is 0 Å². The minimum absolute atomic E-state index is 0.000858. The van der Waals surface area contributed by atoms with Gasteiger partial charge in [-0.1, -0.05) is 30.3 Å². The molecule has 2 amide bonds. The van der Waals surface area contributed by atoms with Gasteiger partial charge in [0, 0.05) is 31.2 Å². The fraction of sp³-hybridized carbons (Fsp3) is 0.333. The second-order valence-electron chi connectivity index (χ2n) is 8.96. The van der Waals surface area contributed by atoms with Crippen molar-refractivity contribution in [2.45, 2.75) is 38.8 Å². The molecule has 1 fully saturated rings. The third-order valence-corrected chi connectivity index (χ3v) is 6.13. The molecule has 3 aromatic rings. The number of likely N-dealkylation sites (N-methyl/N-ethyl adjacent to an activating group) is 1. The number of likely N-dealkylation sites (tertiary alicyclic amines) is 1. The number of fused-ring (bicyclic) bond motifs is 1. The summed E-state index contributed by atoms with van der Waals surface area (Å²) in [5, 5.41) is 15.8. The van der Waals surface area contributed by atoms with Crippen LogP contribution in [0.25, 0.3) is 11.0 Å². The largest absolute Gasteiger partial charge is 0.461 e. The van der Waals surface area contributed by atoms with E-state index in [1.54, 1.807) is 16.8 Å². The monoisotopic (exact) mass is 486 g/mol. The average molecular weight is 487 g/mol. The molecule has 0 spiro atoms. The van der Waals surface area contributed by atoms with Gasteiger partial charge in [-0.05, 0) is 56.0 Å². The molecule has 0 unspecified atom stereocenters. The molecule has 9 nitrogen and oxygen atoms in total. The Bertz CT molecular complexity index is 1290. The van der Waals surface area contributed by atoms with Gasteiger partial charge < -0.3 is 19.5 Å². The lowest BCUT2D eigenvalue weighted by atomic mass is 10.1. The first-order valence-corrected chi connectivity index (χ1v) is 12.0. The summed E-state index contributed by atoms with van der Waals surface area (Å²) in [5.74, 6) is 0.645. The predicted octanol–water partition coefficient (Wildman–Crippen LogP) is 3.62. The van der Waals surface area contributed by atoms with Gasteiger partial charge in [0.1, 0.15) is 17.4 Å². The number of benzene rings is 2. The summed E-state index contributed by atoms with van der Waals surface area (Å²) in [6.45, 7) is 2.86. The zero-order chi connectivity index (χ0) is 25.5. The average Bonchev–Trinajstić information content (AvgIpc) is 3.15. The van der Waals surface area contributed by atoms with Crippen molar-refractivity contribution in [3.63, 3.8) is 0 Å². The molecule has 2 heterocycles. The minimum atomic E-state index is -0.692. The third-order valence-electron chi connectivity index (χ3n) is 6.13. The molecule has 9 heteroatoms. The van der Waals surface area contributed by atoms with Crippen LogP contribution in [0.15, 0.2) is 64.0 Å². The maximum atomic E-state index is 13.3. The number of hydrogen-bond donors (Lipinski definition) is 2. The first-order valence-electron chi connectivity index (χ1n) is 12.0. The Morgan fingerprint density at radius 3 is 2.81 bits per heavy atom. The fourth-order valence-corrected chi connectivity index (χ4v) is 4.29. The number of hydrogen-bond acceptors (Lipinski definition) is 5. The van der Waals surface area contributed by atoms with Crippen LogP contribution in [-0.2, 0) is 16.1 Å². The Hall–Kier alpha value is -4.32. The zero-order valence-electron chi connectivity index (χ0n) is 20.5. The van der Waals surface area contributed by atoms with E-state index < -0.39 is 6.04 Å². The summed E-state index contributed by atoms with van der Waals surface area (Å²) in [4.78, 5) is 34.0. The number of carbonyl (C=O) groups is 2. The number of nitriles is 1. The zero-order valence-corrected chi connectivity index (χ0v) is 20.5. The molecule has 4 rings (SSSR count). The molecular weight excluding hydrogens is 456 g/mol. The van der Waals surface area contributed by atoms with E-state index in [1.165, 1.54) is 0 Å². The standard InChI is InChI=1S/C27H30N6O3/c1-19-14-21-15-22(11-12-24(21)36-19)30-27(29-18-28)31-23-10-6-7-13-33(26(23)35)17-25(34)32(2)16-20-8-4-3-5-9-20/h3-5,8-9,11-12,14-15,23H,6-7,10,13,16-17H2,1-2H3,(H2,29,30,31)/t23-/m0/s1. The smallest absolute Gasteiger partial charge is 0.247 e.